The first-order valence-corrected chi connectivity index (χ1v) is 7.25. The van der Waals surface area contributed by atoms with Gasteiger partial charge in [-0.3, -0.25) is 20.4 Å². The van der Waals surface area contributed by atoms with Gasteiger partial charge in [0.1, 0.15) is 5.82 Å². The van der Waals surface area contributed by atoms with Gasteiger partial charge in [-0.2, -0.15) is 0 Å². The van der Waals surface area contributed by atoms with E-state index in [1.54, 1.807) is 12.1 Å². The standard InChI is InChI=1S/C17H16F2N2O3/c1-2-11-3-5-12(6-4-11)17(23)21-20-16(22)10-24-15-8-7-13(18)9-14(15)19/h3-9H,2,10H2,1H3,(H,20,22)(H,21,23). The molecular weight excluding hydrogens is 318 g/mol. The molecule has 0 spiro atoms. The van der Waals surface area contributed by atoms with Gasteiger partial charge in [0.05, 0.1) is 0 Å². The second-order valence-electron chi connectivity index (χ2n) is 4.92. The molecule has 0 aliphatic rings. The molecule has 0 saturated carbocycles. The first-order chi connectivity index (χ1) is 11.5. The van der Waals surface area contributed by atoms with E-state index in [1.165, 1.54) is 0 Å². The first kappa shape index (κ1) is 17.4. The Balaban J connectivity index is 1.80. The van der Waals surface area contributed by atoms with Crippen molar-refractivity contribution in [3.05, 3.63) is 65.2 Å². The molecule has 5 nitrogen and oxygen atoms in total. The Morgan fingerprint density at radius 3 is 2.38 bits per heavy atom. The summed E-state index contributed by atoms with van der Waals surface area (Å²) in [6.07, 6.45) is 0.857. The molecule has 0 aromatic heterocycles. The van der Waals surface area contributed by atoms with Gasteiger partial charge in [0, 0.05) is 11.6 Å². The van der Waals surface area contributed by atoms with Crippen molar-refractivity contribution in [3.8, 4) is 5.75 Å². The Bertz CT molecular complexity index is 733. The second kappa shape index (κ2) is 8.05. The van der Waals surface area contributed by atoms with Crippen molar-refractivity contribution in [2.45, 2.75) is 13.3 Å². The molecular formula is C17H16F2N2O3. The Morgan fingerprint density at radius 2 is 1.75 bits per heavy atom. The summed E-state index contributed by atoms with van der Waals surface area (Å²) in [5.74, 6) is -3.09. The molecule has 0 heterocycles. The van der Waals surface area contributed by atoms with E-state index in [0.29, 0.717) is 11.6 Å². The predicted molar refractivity (Wildman–Crippen MR) is 83.3 cm³/mol. The number of nitrogens with one attached hydrogen (secondary N) is 2. The summed E-state index contributed by atoms with van der Waals surface area (Å²) in [6, 6.07) is 9.66. The maximum absolute atomic E-state index is 13.3. The van der Waals surface area contributed by atoms with Crippen molar-refractivity contribution in [1.82, 2.24) is 10.9 Å². The van der Waals surface area contributed by atoms with Crippen LogP contribution in [0.5, 0.6) is 5.75 Å². The summed E-state index contributed by atoms with van der Waals surface area (Å²) in [5, 5.41) is 0. The van der Waals surface area contributed by atoms with Crippen LogP contribution < -0.4 is 15.6 Å². The lowest BCUT2D eigenvalue weighted by molar-refractivity contribution is -0.123. The van der Waals surface area contributed by atoms with E-state index in [0.717, 1.165) is 24.1 Å². The van der Waals surface area contributed by atoms with Gasteiger partial charge >= 0.3 is 0 Å². The van der Waals surface area contributed by atoms with Crippen molar-refractivity contribution < 1.29 is 23.1 Å². The van der Waals surface area contributed by atoms with Crippen LogP contribution in [0.15, 0.2) is 42.5 Å². The fourth-order valence-corrected chi connectivity index (χ4v) is 1.86. The highest BCUT2D eigenvalue weighted by Crippen LogP contribution is 2.17. The van der Waals surface area contributed by atoms with Crippen LogP contribution in [0.1, 0.15) is 22.8 Å². The van der Waals surface area contributed by atoms with Crippen molar-refractivity contribution in [2.75, 3.05) is 6.61 Å². The highest BCUT2D eigenvalue weighted by molar-refractivity contribution is 5.95. The van der Waals surface area contributed by atoms with Crippen LogP contribution in [0, 0.1) is 11.6 Å². The molecule has 0 fully saturated rings. The number of ether oxygens (including phenoxy) is 1. The zero-order valence-corrected chi connectivity index (χ0v) is 12.9. The maximum atomic E-state index is 13.3. The highest BCUT2D eigenvalue weighted by Gasteiger charge is 2.10. The molecule has 2 amide bonds. The Kier molecular flexibility index (Phi) is 5.83. The SMILES string of the molecule is CCc1ccc(C(=O)NNC(=O)COc2ccc(F)cc2F)cc1. The van der Waals surface area contributed by atoms with E-state index in [-0.39, 0.29) is 5.75 Å². The van der Waals surface area contributed by atoms with Crippen LogP contribution in [0.4, 0.5) is 8.78 Å². The average Bonchev–Trinajstić information content (AvgIpc) is 2.59. The van der Waals surface area contributed by atoms with E-state index in [2.05, 4.69) is 10.9 Å². The third kappa shape index (κ3) is 4.77. The van der Waals surface area contributed by atoms with E-state index in [4.69, 9.17) is 4.74 Å². The Morgan fingerprint density at radius 1 is 1.04 bits per heavy atom. The fraction of sp³-hybridized carbons (Fsp3) is 0.176. The predicted octanol–water partition coefficient (Wildman–Crippen LogP) is 2.37. The molecule has 0 saturated heterocycles. The largest absolute Gasteiger partial charge is 0.481 e. The molecule has 0 bridgehead atoms. The lowest BCUT2D eigenvalue weighted by Gasteiger charge is -2.09. The van der Waals surface area contributed by atoms with Gasteiger partial charge in [0.2, 0.25) is 0 Å². The molecule has 7 heteroatoms. The molecule has 0 aliphatic heterocycles. The Labute approximate surface area is 137 Å². The summed E-state index contributed by atoms with van der Waals surface area (Å²) in [6.45, 7) is 1.47. The number of rotatable bonds is 5. The third-order valence-electron chi connectivity index (χ3n) is 3.19. The van der Waals surface area contributed by atoms with Crippen LogP contribution in [-0.4, -0.2) is 18.4 Å². The summed E-state index contributed by atoms with van der Waals surface area (Å²) in [4.78, 5) is 23.4. The normalized spacial score (nSPS) is 10.1. The molecule has 0 radical (unpaired) electrons. The van der Waals surface area contributed by atoms with Crippen LogP contribution in [0.25, 0.3) is 0 Å². The minimum Gasteiger partial charge on any atom is -0.481 e. The summed E-state index contributed by atoms with van der Waals surface area (Å²) in [7, 11) is 0. The molecule has 24 heavy (non-hydrogen) atoms. The van der Waals surface area contributed by atoms with Crippen molar-refractivity contribution in [3.63, 3.8) is 0 Å². The molecule has 2 aromatic rings. The number of benzene rings is 2. The van der Waals surface area contributed by atoms with Crippen LogP contribution in [0.3, 0.4) is 0 Å². The summed E-state index contributed by atoms with van der Waals surface area (Å²) >= 11 is 0. The van der Waals surface area contributed by atoms with Crippen LogP contribution in [-0.2, 0) is 11.2 Å². The van der Waals surface area contributed by atoms with Crippen molar-refractivity contribution in [2.24, 2.45) is 0 Å². The number of carbonyl (C=O) groups excluding carboxylic acids is 2. The van der Waals surface area contributed by atoms with Gasteiger partial charge in [0.15, 0.2) is 18.2 Å². The van der Waals surface area contributed by atoms with Crippen LogP contribution >= 0.6 is 0 Å². The molecule has 2 aromatic carbocycles. The topological polar surface area (TPSA) is 67.4 Å². The minimum absolute atomic E-state index is 0.256. The lowest BCUT2D eigenvalue weighted by atomic mass is 10.1. The molecule has 2 N–H and O–H groups in total. The number of aryl methyl sites for hydroxylation is 1. The number of carbonyl (C=O) groups is 2. The molecule has 126 valence electrons. The van der Waals surface area contributed by atoms with Gasteiger partial charge in [0.25, 0.3) is 11.8 Å². The lowest BCUT2D eigenvalue weighted by Crippen LogP contribution is -2.43. The van der Waals surface area contributed by atoms with E-state index >= 15 is 0 Å². The molecule has 0 aliphatic carbocycles. The monoisotopic (exact) mass is 334 g/mol. The fourth-order valence-electron chi connectivity index (χ4n) is 1.86. The summed E-state index contributed by atoms with van der Waals surface area (Å²) in [5.41, 5.74) is 5.85. The number of halogens is 2. The number of hydrogen-bond acceptors (Lipinski definition) is 3. The number of hydrogen-bond donors (Lipinski definition) is 2. The van der Waals surface area contributed by atoms with E-state index in [1.807, 2.05) is 19.1 Å². The second-order valence-corrected chi connectivity index (χ2v) is 4.92. The smallest absolute Gasteiger partial charge is 0.276 e. The van der Waals surface area contributed by atoms with E-state index < -0.39 is 30.1 Å². The highest BCUT2D eigenvalue weighted by atomic mass is 19.1. The van der Waals surface area contributed by atoms with Crippen molar-refractivity contribution >= 4 is 11.8 Å². The zero-order valence-electron chi connectivity index (χ0n) is 12.9. The Hall–Kier alpha value is -2.96. The average molecular weight is 334 g/mol. The third-order valence-corrected chi connectivity index (χ3v) is 3.19. The van der Waals surface area contributed by atoms with Gasteiger partial charge in [-0.05, 0) is 36.2 Å². The van der Waals surface area contributed by atoms with Crippen LogP contribution in [0.2, 0.25) is 0 Å². The number of amides is 2. The first-order valence-electron chi connectivity index (χ1n) is 7.25. The maximum Gasteiger partial charge on any atom is 0.276 e. The van der Waals surface area contributed by atoms with Gasteiger partial charge in [-0.15, -0.1) is 0 Å². The molecule has 0 atom stereocenters. The van der Waals surface area contributed by atoms with Gasteiger partial charge in [-0.1, -0.05) is 19.1 Å². The van der Waals surface area contributed by atoms with E-state index in [9.17, 15) is 18.4 Å². The van der Waals surface area contributed by atoms with Gasteiger partial charge in [-0.25, -0.2) is 8.78 Å². The minimum atomic E-state index is -0.914. The molecule has 0 unspecified atom stereocenters. The van der Waals surface area contributed by atoms with Crippen molar-refractivity contribution in [1.29, 1.82) is 0 Å². The van der Waals surface area contributed by atoms with Gasteiger partial charge < -0.3 is 4.74 Å². The zero-order chi connectivity index (χ0) is 17.5. The quantitative estimate of drug-likeness (QED) is 0.825. The number of hydrazine groups is 1. The summed E-state index contributed by atoms with van der Waals surface area (Å²) < 4.78 is 31.0. The molecule has 2 rings (SSSR count).